The maximum Gasteiger partial charge on any atom is 0.363 e. The molecule has 164 valence electrons. The van der Waals surface area contributed by atoms with E-state index in [0.29, 0.717) is 21.6 Å². The first-order valence-electron chi connectivity index (χ1n) is 9.95. The predicted octanol–water partition coefficient (Wildman–Crippen LogP) is 4.06. The number of hydrogen-bond donors (Lipinski definition) is 3. The number of carbonyl (C=O) groups excluding carboxylic acids is 1. The monoisotopic (exact) mass is 443 g/mol. The molecule has 1 aliphatic heterocycles. The van der Waals surface area contributed by atoms with E-state index in [1.54, 1.807) is 36.4 Å². The molecule has 2 heterocycles. The van der Waals surface area contributed by atoms with Gasteiger partial charge in [0.05, 0.1) is 5.56 Å². The van der Waals surface area contributed by atoms with Crippen LogP contribution in [0.5, 0.6) is 17.5 Å². The zero-order valence-electron chi connectivity index (χ0n) is 17.3. The molecule has 8 heteroatoms. The Morgan fingerprint density at radius 3 is 2.33 bits per heavy atom. The molecule has 0 amide bonds. The largest absolute Gasteiger partial charge is 0.508 e. The van der Waals surface area contributed by atoms with Crippen LogP contribution in [0.1, 0.15) is 15.9 Å². The number of aryl methyl sites for hydroxylation is 1. The molecule has 2 aromatic carbocycles. The summed E-state index contributed by atoms with van der Waals surface area (Å²) in [6.45, 7) is 1.82. The molecule has 0 spiro atoms. The van der Waals surface area contributed by atoms with Gasteiger partial charge < -0.3 is 24.6 Å². The highest BCUT2D eigenvalue weighted by molar-refractivity contribution is 6.03. The molecule has 0 bridgehead atoms. The second-order valence-electron chi connectivity index (χ2n) is 7.57. The van der Waals surface area contributed by atoms with Crippen LogP contribution in [0.15, 0.2) is 75.9 Å². The van der Waals surface area contributed by atoms with Gasteiger partial charge in [-0.25, -0.2) is 4.79 Å². The lowest BCUT2D eigenvalue weighted by Crippen LogP contribution is -2.19. The highest BCUT2D eigenvalue weighted by Gasteiger charge is 2.21. The Bertz CT molecular complexity index is 1560. The Labute approximate surface area is 186 Å². The molecule has 3 N–H and O–H groups in total. The molecule has 0 saturated carbocycles. The van der Waals surface area contributed by atoms with Crippen molar-refractivity contribution in [2.75, 3.05) is 0 Å². The zero-order chi connectivity index (χ0) is 23.3. The molecule has 5 rings (SSSR count). The molecular formula is C25H17NO7. The van der Waals surface area contributed by atoms with Crippen LogP contribution in [0.25, 0.3) is 33.4 Å². The molecule has 0 atom stereocenters. The fourth-order valence-corrected chi connectivity index (χ4v) is 3.85. The SMILES string of the molecule is Cc1cc(C(=O)On2c(O)ccc2O)ccc1-c1c2ccc(=O)cc-2oc2cc(O)ccc12. The van der Waals surface area contributed by atoms with E-state index in [1.165, 1.54) is 30.3 Å². The molecular weight excluding hydrogens is 426 g/mol. The predicted molar refractivity (Wildman–Crippen MR) is 120 cm³/mol. The van der Waals surface area contributed by atoms with Crippen LogP contribution < -0.4 is 10.3 Å². The summed E-state index contributed by atoms with van der Waals surface area (Å²) in [5.41, 5.74) is 3.41. The number of phenols is 1. The summed E-state index contributed by atoms with van der Waals surface area (Å²) in [7, 11) is 0. The number of rotatable bonds is 3. The number of nitrogens with zero attached hydrogens (tertiary/aromatic N) is 1. The summed E-state index contributed by atoms with van der Waals surface area (Å²) in [5.74, 6) is -1.20. The summed E-state index contributed by atoms with van der Waals surface area (Å²) in [4.78, 5) is 29.5. The fraction of sp³-hybridized carbons (Fsp3) is 0.0400. The number of aromatic nitrogens is 1. The second-order valence-corrected chi connectivity index (χ2v) is 7.57. The average Bonchev–Trinajstić information content (AvgIpc) is 3.09. The second kappa shape index (κ2) is 7.45. The minimum Gasteiger partial charge on any atom is -0.508 e. The molecule has 3 aromatic rings. The lowest BCUT2D eigenvalue weighted by Gasteiger charge is -2.17. The van der Waals surface area contributed by atoms with Crippen LogP contribution >= 0.6 is 0 Å². The minimum atomic E-state index is -0.773. The van der Waals surface area contributed by atoms with E-state index in [2.05, 4.69) is 0 Å². The quantitative estimate of drug-likeness (QED) is 0.360. The number of aromatic hydroxyl groups is 3. The maximum absolute atomic E-state index is 12.6. The Morgan fingerprint density at radius 2 is 1.61 bits per heavy atom. The van der Waals surface area contributed by atoms with Crippen LogP contribution in [0, 0.1) is 6.92 Å². The van der Waals surface area contributed by atoms with E-state index in [1.807, 2.05) is 6.92 Å². The van der Waals surface area contributed by atoms with Crippen molar-refractivity contribution in [3.05, 3.63) is 88.1 Å². The molecule has 0 fully saturated rings. The van der Waals surface area contributed by atoms with Crippen LogP contribution in [0.2, 0.25) is 0 Å². The van der Waals surface area contributed by atoms with Gasteiger partial charge in [-0.3, -0.25) is 4.79 Å². The highest BCUT2D eigenvalue weighted by atomic mass is 16.7. The molecule has 33 heavy (non-hydrogen) atoms. The summed E-state index contributed by atoms with van der Waals surface area (Å²) < 4.78 is 6.49. The molecule has 2 aliphatic rings. The van der Waals surface area contributed by atoms with Crippen LogP contribution in [-0.2, 0) is 0 Å². The Hall–Kier alpha value is -4.72. The van der Waals surface area contributed by atoms with Crippen molar-refractivity contribution in [2.45, 2.75) is 6.92 Å². The van der Waals surface area contributed by atoms with E-state index in [-0.39, 0.29) is 16.7 Å². The van der Waals surface area contributed by atoms with Crippen molar-refractivity contribution in [2.24, 2.45) is 0 Å². The summed E-state index contributed by atoms with van der Waals surface area (Å²) in [6.07, 6.45) is 0. The molecule has 0 unspecified atom stereocenters. The van der Waals surface area contributed by atoms with Crippen molar-refractivity contribution in [3.8, 4) is 40.0 Å². The van der Waals surface area contributed by atoms with E-state index < -0.39 is 17.7 Å². The Morgan fingerprint density at radius 1 is 0.879 bits per heavy atom. The lowest BCUT2D eigenvalue weighted by molar-refractivity contribution is 0.0381. The third-order valence-corrected chi connectivity index (χ3v) is 5.38. The van der Waals surface area contributed by atoms with Gasteiger partial charge in [0.15, 0.2) is 5.43 Å². The number of phenolic OH excluding ortho intramolecular Hbond substituents is 1. The summed E-state index contributed by atoms with van der Waals surface area (Å²) in [6, 6.07) is 16.6. The number of carbonyl (C=O) groups is 1. The van der Waals surface area contributed by atoms with E-state index in [0.717, 1.165) is 22.1 Å². The van der Waals surface area contributed by atoms with E-state index >= 15 is 0 Å². The zero-order valence-corrected chi connectivity index (χ0v) is 17.3. The van der Waals surface area contributed by atoms with Crippen molar-refractivity contribution in [1.82, 2.24) is 4.73 Å². The summed E-state index contributed by atoms with van der Waals surface area (Å²) in [5, 5.41) is 30.0. The third kappa shape index (κ3) is 3.43. The molecule has 0 radical (unpaired) electrons. The smallest absolute Gasteiger partial charge is 0.363 e. The normalized spacial score (nSPS) is 11.2. The molecule has 0 saturated heterocycles. The Kier molecular flexibility index (Phi) is 4.56. The Balaban J connectivity index is 1.64. The fourth-order valence-electron chi connectivity index (χ4n) is 3.85. The van der Waals surface area contributed by atoms with Gasteiger partial charge in [0.1, 0.15) is 17.1 Å². The third-order valence-electron chi connectivity index (χ3n) is 5.38. The number of benzene rings is 3. The van der Waals surface area contributed by atoms with Gasteiger partial charge in [0, 0.05) is 40.8 Å². The van der Waals surface area contributed by atoms with Gasteiger partial charge in [-0.15, -0.1) is 4.73 Å². The van der Waals surface area contributed by atoms with Crippen molar-refractivity contribution >= 4 is 16.9 Å². The standard InChI is InChI=1S/C25H17NO7/c1-13-10-14(25(31)33-26-22(29)8-9-23(26)30)2-5-17(13)24-18-6-3-15(27)11-20(18)32-21-12-16(28)4-7-19(21)24/h2-12,27,29-30H,1H3. The first kappa shape index (κ1) is 20.2. The van der Waals surface area contributed by atoms with Crippen molar-refractivity contribution < 1.29 is 29.4 Å². The topological polar surface area (TPSA) is 122 Å². The van der Waals surface area contributed by atoms with Gasteiger partial charge >= 0.3 is 5.97 Å². The van der Waals surface area contributed by atoms with Crippen molar-refractivity contribution in [3.63, 3.8) is 0 Å². The van der Waals surface area contributed by atoms with Gasteiger partial charge in [-0.05, 0) is 54.4 Å². The van der Waals surface area contributed by atoms with Crippen LogP contribution in [0.3, 0.4) is 0 Å². The van der Waals surface area contributed by atoms with Gasteiger partial charge in [0.25, 0.3) is 0 Å². The average molecular weight is 443 g/mol. The molecule has 8 nitrogen and oxygen atoms in total. The number of fused-ring (bicyclic) bond motifs is 2. The summed E-state index contributed by atoms with van der Waals surface area (Å²) >= 11 is 0. The maximum atomic E-state index is 12.6. The van der Waals surface area contributed by atoms with E-state index in [4.69, 9.17) is 9.25 Å². The first-order valence-corrected chi connectivity index (χ1v) is 9.95. The van der Waals surface area contributed by atoms with Gasteiger partial charge in [-0.1, -0.05) is 6.07 Å². The molecule has 1 aliphatic carbocycles. The van der Waals surface area contributed by atoms with Crippen molar-refractivity contribution in [1.29, 1.82) is 0 Å². The number of hydrogen-bond acceptors (Lipinski definition) is 7. The van der Waals surface area contributed by atoms with Crippen LogP contribution in [0.4, 0.5) is 0 Å². The van der Waals surface area contributed by atoms with Gasteiger partial charge in [0.2, 0.25) is 11.8 Å². The lowest BCUT2D eigenvalue weighted by atomic mass is 9.90. The van der Waals surface area contributed by atoms with Gasteiger partial charge in [-0.2, -0.15) is 0 Å². The highest BCUT2D eigenvalue weighted by Crippen LogP contribution is 2.41. The minimum absolute atomic E-state index is 0.0289. The molecule has 1 aromatic heterocycles. The van der Waals surface area contributed by atoms with E-state index in [9.17, 15) is 24.9 Å². The first-order chi connectivity index (χ1) is 15.8. The van der Waals surface area contributed by atoms with Crippen LogP contribution in [-0.4, -0.2) is 26.0 Å².